The minimum atomic E-state index is -0.559. The Morgan fingerprint density at radius 1 is 1.24 bits per heavy atom. The Kier molecular flexibility index (Phi) is 6.80. The van der Waals surface area contributed by atoms with Crippen LogP contribution in [-0.2, 0) is 4.79 Å². The van der Waals surface area contributed by atoms with Gasteiger partial charge < -0.3 is 14.8 Å². The summed E-state index contributed by atoms with van der Waals surface area (Å²) >= 11 is 10.5. The third kappa shape index (κ3) is 4.73. The van der Waals surface area contributed by atoms with Crippen LogP contribution < -0.4 is 4.74 Å². The molecule has 0 saturated heterocycles. The summed E-state index contributed by atoms with van der Waals surface area (Å²) in [6.45, 7) is 5.78. The van der Waals surface area contributed by atoms with Gasteiger partial charge >= 0.3 is 5.91 Å². The van der Waals surface area contributed by atoms with E-state index in [0.29, 0.717) is 16.7 Å². The number of nitrogens with zero attached hydrogens (tertiary/aromatic N) is 2. The first kappa shape index (κ1) is 22.0. The number of halogens is 3. The molecule has 1 amide bonds. The van der Waals surface area contributed by atoms with Crippen molar-refractivity contribution in [3.63, 3.8) is 0 Å². The van der Waals surface area contributed by atoms with Crippen molar-refractivity contribution in [3.8, 4) is 11.6 Å². The number of rotatable bonds is 5. The van der Waals surface area contributed by atoms with Gasteiger partial charge in [-0.15, -0.1) is 10.2 Å². The molecule has 1 heterocycles. The third-order valence-electron chi connectivity index (χ3n) is 4.37. The van der Waals surface area contributed by atoms with Gasteiger partial charge in [-0.25, -0.2) is 0 Å². The summed E-state index contributed by atoms with van der Waals surface area (Å²) in [5.74, 6) is 0.111. The highest BCUT2D eigenvalue weighted by Crippen LogP contribution is 2.40. The van der Waals surface area contributed by atoms with Crippen molar-refractivity contribution < 1.29 is 14.6 Å². The van der Waals surface area contributed by atoms with Crippen LogP contribution in [-0.4, -0.2) is 22.6 Å². The molecule has 2 N–H and O–H groups in total. The summed E-state index contributed by atoms with van der Waals surface area (Å²) in [6, 6.07) is 7.41. The van der Waals surface area contributed by atoms with Crippen molar-refractivity contribution in [2.24, 2.45) is 10.2 Å². The zero-order valence-corrected chi connectivity index (χ0v) is 20.6. The first-order valence-corrected chi connectivity index (χ1v) is 11.1. The SMILES string of the molecule is Cc1c(Br)cc(C(C)C)c(OCC(=O)N=Nc2c(O)[nH]c3ccc(Br)cc23)c1Br. The fourth-order valence-electron chi connectivity index (χ4n) is 2.79. The number of hydrogen-bond donors (Lipinski definition) is 2. The Morgan fingerprint density at radius 2 is 1.97 bits per heavy atom. The average Bonchev–Trinajstić information content (AvgIpc) is 2.97. The van der Waals surface area contributed by atoms with Gasteiger partial charge in [-0.2, -0.15) is 0 Å². The fourth-order valence-corrected chi connectivity index (χ4v) is 4.42. The highest BCUT2D eigenvalue weighted by Gasteiger charge is 2.18. The first-order valence-electron chi connectivity index (χ1n) is 8.75. The number of carbonyl (C=O) groups excluding carboxylic acids is 1. The highest BCUT2D eigenvalue weighted by molar-refractivity contribution is 9.11. The normalized spacial score (nSPS) is 11.7. The molecule has 0 unspecified atom stereocenters. The predicted molar refractivity (Wildman–Crippen MR) is 123 cm³/mol. The van der Waals surface area contributed by atoms with Gasteiger partial charge in [-0.1, -0.05) is 45.7 Å². The van der Waals surface area contributed by atoms with Crippen LogP contribution in [0.5, 0.6) is 11.6 Å². The summed E-state index contributed by atoms with van der Waals surface area (Å²) in [7, 11) is 0. The molecular formula is C20H18Br3N3O3. The summed E-state index contributed by atoms with van der Waals surface area (Å²) in [4.78, 5) is 15.1. The Labute approximate surface area is 193 Å². The molecule has 0 atom stereocenters. The number of H-pyrrole nitrogens is 1. The van der Waals surface area contributed by atoms with E-state index in [-0.39, 0.29) is 24.1 Å². The van der Waals surface area contributed by atoms with Gasteiger partial charge in [-0.3, -0.25) is 4.79 Å². The smallest absolute Gasteiger partial charge is 0.302 e. The molecule has 6 nitrogen and oxygen atoms in total. The molecule has 152 valence electrons. The summed E-state index contributed by atoms with van der Waals surface area (Å²) in [5.41, 5.74) is 2.85. The van der Waals surface area contributed by atoms with Gasteiger partial charge in [0.15, 0.2) is 12.3 Å². The van der Waals surface area contributed by atoms with Crippen molar-refractivity contribution in [2.45, 2.75) is 26.7 Å². The second-order valence-electron chi connectivity index (χ2n) is 6.76. The summed E-state index contributed by atoms with van der Waals surface area (Å²) in [5, 5.41) is 18.4. The van der Waals surface area contributed by atoms with Crippen LogP contribution >= 0.6 is 47.8 Å². The average molecular weight is 588 g/mol. The zero-order chi connectivity index (χ0) is 21.3. The van der Waals surface area contributed by atoms with Crippen molar-refractivity contribution in [1.29, 1.82) is 0 Å². The molecule has 0 saturated carbocycles. The van der Waals surface area contributed by atoms with E-state index in [0.717, 1.165) is 24.5 Å². The quantitative estimate of drug-likeness (QED) is 0.307. The van der Waals surface area contributed by atoms with E-state index in [1.165, 1.54) is 0 Å². The lowest BCUT2D eigenvalue weighted by atomic mass is 10.0. The Hall–Kier alpha value is -1.71. The maximum Gasteiger partial charge on any atom is 0.302 e. The second-order valence-corrected chi connectivity index (χ2v) is 9.33. The maximum atomic E-state index is 12.3. The lowest BCUT2D eigenvalue weighted by Crippen LogP contribution is -2.10. The molecule has 9 heteroatoms. The van der Waals surface area contributed by atoms with Gasteiger partial charge in [0.05, 0.1) is 9.99 Å². The molecule has 0 bridgehead atoms. The van der Waals surface area contributed by atoms with Crippen LogP contribution in [0.15, 0.2) is 47.9 Å². The number of benzene rings is 2. The highest BCUT2D eigenvalue weighted by atomic mass is 79.9. The molecule has 0 spiro atoms. The first-order chi connectivity index (χ1) is 13.7. The molecule has 0 aliphatic carbocycles. The Morgan fingerprint density at radius 3 is 2.66 bits per heavy atom. The van der Waals surface area contributed by atoms with Crippen molar-refractivity contribution >= 4 is 70.3 Å². The van der Waals surface area contributed by atoms with E-state index in [1.807, 2.05) is 19.1 Å². The van der Waals surface area contributed by atoms with E-state index in [2.05, 4.69) is 76.8 Å². The molecule has 0 aliphatic heterocycles. The van der Waals surface area contributed by atoms with Crippen LogP contribution in [0.2, 0.25) is 0 Å². The topological polar surface area (TPSA) is 87.0 Å². The molecule has 1 aromatic heterocycles. The molecule has 0 aliphatic rings. The fraction of sp³-hybridized carbons (Fsp3) is 0.250. The molecule has 3 aromatic rings. The number of hydrogen-bond acceptors (Lipinski definition) is 4. The third-order valence-corrected chi connectivity index (χ3v) is 6.64. The number of ether oxygens (including phenoxy) is 1. The number of amides is 1. The van der Waals surface area contributed by atoms with Gasteiger partial charge in [0.2, 0.25) is 5.88 Å². The van der Waals surface area contributed by atoms with E-state index in [1.54, 1.807) is 12.1 Å². The van der Waals surface area contributed by atoms with Crippen LogP contribution in [0.3, 0.4) is 0 Å². The Bertz CT molecular complexity index is 1120. The largest absolute Gasteiger partial charge is 0.493 e. The van der Waals surface area contributed by atoms with E-state index in [4.69, 9.17) is 4.74 Å². The number of carbonyl (C=O) groups is 1. The predicted octanol–water partition coefficient (Wildman–Crippen LogP) is 7.28. The van der Waals surface area contributed by atoms with Gasteiger partial charge in [0, 0.05) is 14.3 Å². The number of azo groups is 1. The van der Waals surface area contributed by atoms with Crippen LogP contribution in [0, 0.1) is 6.92 Å². The van der Waals surface area contributed by atoms with Gasteiger partial charge in [0.25, 0.3) is 0 Å². The number of aromatic hydroxyl groups is 1. The molecule has 0 radical (unpaired) electrons. The molecular weight excluding hydrogens is 570 g/mol. The van der Waals surface area contributed by atoms with Crippen molar-refractivity contribution in [3.05, 3.63) is 48.8 Å². The molecule has 3 rings (SSSR count). The Balaban J connectivity index is 1.80. The molecule has 29 heavy (non-hydrogen) atoms. The molecule has 2 aromatic carbocycles. The number of fused-ring (bicyclic) bond motifs is 1. The van der Waals surface area contributed by atoms with Gasteiger partial charge in [0.1, 0.15) is 5.75 Å². The van der Waals surface area contributed by atoms with E-state index in [9.17, 15) is 9.90 Å². The zero-order valence-electron chi connectivity index (χ0n) is 15.9. The summed E-state index contributed by atoms with van der Waals surface area (Å²) in [6.07, 6.45) is 0. The molecule has 0 fully saturated rings. The number of aromatic amines is 1. The van der Waals surface area contributed by atoms with Crippen LogP contribution in [0.4, 0.5) is 5.69 Å². The monoisotopic (exact) mass is 585 g/mol. The second kappa shape index (κ2) is 8.97. The van der Waals surface area contributed by atoms with Crippen LogP contribution in [0.1, 0.15) is 30.9 Å². The minimum Gasteiger partial charge on any atom is -0.493 e. The summed E-state index contributed by atoms with van der Waals surface area (Å²) < 4.78 is 8.37. The van der Waals surface area contributed by atoms with Crippen molar-refractivity contribution in [1.82, 2.24) is 4.98 Å². The van der Waals surface area contributed by atoms with Gasteiger partial charge in [-0.05, 0) is 64.2 Å². The van der Waals surface area contributed by atoms with Crippen molar-refractivity contribution in [2.75, 3.05) is 6.61 Å². The van der Waals surface area contributed by atoms with Crippen LogP contribution in [0.25, 0.3) is 10.9 Å². The lowest BCUT2D eigenvalue weighted by Gasteiger charge is -2.17. The minimum absolute atomic E-state index is 0.149. The van der Waals surface area contributed by atoms with E-state index >= 15 is 0 Å². The number of aromatic nitrogens is 1. The lowest BCUT2D eigenvalue weighted by molar-refractivity contribution is -0.120. The van der Waals surface area contributed by atoms with E-state index < -0.39 is 5.91 Å². The number of nitrogens with one attached hydrogen (secondary N) is 1. The maximum absolute atomic E-state index is 12.3. The standard InChI is InChI=1S/C20H18Br3N3O3/c1-9(2)12-7-14(22)10(3)17(23)19(12)29-8-16(27)25-26-18-13-6-11(21)4-5-15(13)24-20(18)28/h4-7,9,24,28H,8H2,1-3H3.